The van der Waals surface area contributed by atoms with Crippen LogP contribution < -0.4 is 19.7 Å². The van der Waals surface area contributed by atoms with Crippen molar-refractivity contribution in [3.05, 3.63) is 101 Å². The number of carbonyl (C=O) groups is 2. The molecule has 0 saturated carbocycles. The number of nitrogens with one attached hydrogen (secondary N) is 2. The summed E-state index contributed by atoms with van der Waals surface area (Å²) in [6.07, 6.45) is -1.59. The Labute approximate surface area is 271 Å². The van der Waals surface area contributed by atoms with Crippen LogP contribution in [0.15, 0.2) is 78.9 Å². The van der Waals surface area contributed by atoms with Crippen LogP contribution in [0, 0.1) is 0 Å². The predicted molar refractivity (Wildman–Crippen MR) is 171 cm³/mol. The molecule has 1 heterocycles. The minimum absolute atomic E-state index is 0.0919. The molecule has 3 aromatic carbocycles. The van der Waals surface area contributed by atoms with Gasteiger partial charge < -0.3 is 25.2 Å². The fraction of sp³-hybridized carbons (Fsp3) is 0.333. The number of aliphatic hydroxyl groups is 1. The maximum Gasteiger partial charge on any atom is 0.416 e. The molecule has 252 valence electrons. The first-order chi connectivity index (χ1) is 22.1. The molecule has 0 spiro atoms. The highest BCUT2D eigenvalue weighted by Crippen LogP contribution is 2.30. The molecule has 0 radical (unpaired) electrons. The number of nitrogens with zero attached hydrogens (tertiary/aromatic N) is 1. The van der Waals surface area contributed by atoms with Crippen molar-refractivity contribution in [3.63, 3.8) is 0 Å². The van der Waals surface area contributed by atoms with E-state index in [4.69, 9.17) is 9.47 Å². The van der Waals surface area contributed by atoms with Gasteiger partial charge in [0.05, 0.1) is 29.7 Å². The van der Waals surface area contributed by atoms with Crippen LogP contribution in [-0.4, -0.2) is 70.6 Å². The zero-order chi connectivity index (χ0) is 34.4. The molecular formula is C33H36F3N3O7S. The van der Waals surface area contributed by atoms with Gasteiger partial charge in [0.25, 0.3) is 11.8 Å². The summed E-state index contributed by atoms with van der Waals surface area (Å²) in [4.78, 5) is 26.6. The molecule has 0 saturated heterocycles. The molecule has 0 fully saturated rings. The van der Waals surface area contributed by atoms with Crippen LogP contribution in [0.25, 0.3) is 0 Å². The van der Waals surface area contributed by atoms with E-state index >= 15 is 0 Å². The molecule has 0 aliphatic carbocycles. The van der Waals surface area contributed by atoms with Gasteiger partial charge >= 0.3 is 6.18 Å². The number of fused-ring (bicyclic) bond motifs is 4. The number of carbonyl (C=O) groups excluding carboxylic acids is 2. The summed E-state index contributed by atoms with van der Waals surface area (Å²) in [5.74, 6) is -0.867. The number of methoxy groups -OCH3 is 1. The van der Waals surface area contributed by atoms with Gasteiger partial charge in [-0.15, -0.1) is 0 Å². The van der Waals surface area contributed by atoms with Crippen molar-refractivity contribution in [2.75, 3.05) is 36.6 Å². The molecule has 1 aliphatic rings. The van der Waals surface area contributed by atoms with Gasteiger partial charge in [-0.2, -0.15) is 13.2 Å². The average Bonchev–Trinajstić information content (AvgIpc) is 3.02. The number of allylic oxidation sites excluding steroid dienone is 2. The van der Waals surface area contributed by atoms with Gasteiger partial charge in [-0.25, -0.2) is 8.42 Å². The van der Waals surface area contributed by atoms with Crippen LogP contribution in [-0.2, 0) is 38.6 Å². The number of ether oxygens (including phenoxy) is 2. The number of hydrogen-bond donors (Lipinski definition) is 3. The Balaban J connectivity index is 1.60. The van der Waals surface area contributed by atoms with Crippen LogP contribution in [0.2, 0.25) is 0 Å². The molecule has 3 aromatic rings. The second-order valence-corrected chi connectivity index (χ2v) is 13.1. The number of alkyl halides is 3. The topological polar surface area (TPSA) is 134 Å². The number of rotatable bonds is 8. The smallest absolute Gasteiger partial charge is 0.416 e. The maximum atomic E-state index is 13.6. The number of benzene rings is 3. The molecule has 1 aliphatic heterocycles. The third kappa shape index (κ3) is 9.80. The molecule has 3 N–H and O–H groups in total. The number of anilines is 2. The van der Waals surface area contributed by atoms with Crippen molar-refractivity contribution in [1.82, 2.24) is 5.32 Å². The summed E-state index contributed by atoms with van der Waals surface area (Å²) >= 11 is 0. The molecule has 14 heteroatoms. The van der Waals surface area contributed by atoms with Crippen molar-refractivity contribution < 1.29 is 45.8 Å². The summed E-state index contributed by atoms with van der Waals surface area (Å²) in [5, 5.41) is 16.5. The van der Waals surface area contributed by atoms with E-state index in [9.17, 15) is 36.3 Å². The van der Waals surface area contributed by atoms with Crippen molar-refractivity contribution in [2.45, 2.75) is 43.7 Å². The lowest BCUT2D eigenvalue weighted by atomic mass is 10.0. The van der Waals surface area contributed by atoms with E-state index in [1.807, 2.05) is 30.4 Å². The summed E-state index contributed by atoms with van der Waals surface area (Å²) in [6.45, 7) is -0.209. The lowest BCUT2D eigenvalue weighted by Crippen LogP contribution is -2.49. The first-order valence-corrected chi connectivity index (χ1v) is 16.4. The number of halogens is 3. The molecule has 0 unspecified atom stereocenters. The zero-order valence-corrected chi connectivity index (χ0v) is 26.8. The Bertz CT molecular complexity index is 1710. The van der Waals surface area contributed by atoms with E-state index in [0.717, 1.165) is 40.4 Å². The van der Waals surface area contributed by atoms with Crippen molar-refractivity contribution >= 4 is 33.2 Å². The maximum absolute atomic E-state index is 13.6. The molecule has 4 rings (SSSR count). The summed E-state index contributed by atoms with van der Waals surface area (Å²) in [5.41, 5.74) is 1.24. The van der Waals surface area contributed by atoms with E-state index in [2.05, 4.69) is 10.6 Å². The minimum atomic E-state index is -4.54. The zero-order valence-electron chi connectivity index (χ0n) is 26.0. The SMILES string of the molecule is CO[C@H](C[C@H](O)[C@@H]1COc2cccc(c2)C/C=C/Cc2cc(cc(N(C)S(C)(=O)=O)c2)C(=O)N1)C(=O)Nc1ccc(C(F)(F)F)cc1. The summed E-state index contributed by atoms with van der Waals surface area (Å²) in [7, 11) is -1.03. The fourth-order valence-electron chi connectivity index (χ4n) is 4.84. The molecule has 47 heavy (non-hydrogen) atoms. The third-order valence-electron chi connectivity index (χ3n) is 7.60. The lowest BCUT2D eigenvalue weighted by molar-refractivity contribution is -0.137. The highest BCUT2D eigenvalue weighted by Gasteiger charge is 2.31. The molecule has 10 nitrogen and oxygen atoms in total. The van der Waals surface area contributed by atoms with Crippen LogP contribution in [0.1, 0.15) is 33.5 Å². The van der Waals surface area contributed by atoms with Gasteiger partial charge in [-0.1, -0.05) is 24.3 Å². The van der Waals surface area contributed by atoms with Gasteiger partial charge in [0.15, 0.2) is 0 Å². The summed E-state index contributed by atoms with van der Waals surface area (Å²) < 4.78 is 75.7. The molecule has 0 aromatic heterocycles. The van der Waals surface area contributed by atoms with Gasteiger partial charge in [0.2, 0.25) is 10.0 Å². The lowest BCUT2D eigenvalue weighted by Gasteiger charge is -2.27. The monoisotopic (exact) mass is 675 g/mol. The fourth-order valence-corrected chi connectivity index (χ4v) is 5.33. The van der Waals surface area contributed by atoms with Crippen molar-refractivity contribution in [1.29, 1.82) is 0 Å². The predicted octanol–water partition coefficient (Wildman–Crippen LogP) is 4.34. The Kier molecular flexibility index (Phi) is 11.3. The van der Waals surface area contributed by atoms with E-state index in [0.29, 0.717) is 24.2 Å². The second kappa shape index (κ2) is 15.0. The molecule has 3 atom stereocenters. The van der Waals surface area contributed by atoms with E-state index in [1.54, 1.807) is 18.2 Å². The number of aliphatic hydroxyl groups excluding tert-OH is 1. The molecular weight excluding hydrogens is 639 g/mol. The molecule has 4 bridgehead atoms. The Morgan fingerprint density at radius 3 is 2.40 bits per heavy atom. The van der Waals surface area contributed by atoms with Crippen LogP contribution >= 0.6 is 0 Å². The largest absolute Gasteiger partial charge is 0.491 e. The second-order valence-electron chi connectivity index (χ2n) is 11.1. The van der Waals surface area contributed by atoms with E-state index < -0.39 is 51.8 Å². The van der Waals surface area contributed by atoms with Crippen LogP contribution in [0.5, 0.6) is 5.75 Å². The highest BCUT2D eigenvalue weighted by atomic mass is 32.2. The van der Waals surface area contributed by atoms with Crippen LogP contribution in [0.3, 0.4) is 0 Å². The number of sulfonamides is 1. The first kappa shape index (κ1) is 35.5. The van der Waals surface area contributed by atoms with E-state index in [1.165, 1.54) is 20.2 Å². The summed E-state index contributed by atoms with van der Waals surface area (Å²) in [6, 6.07) is 14.8. The van der Waals surface area contributed by atoms with Gasteiger partial charge in [0.1, 0.15) is 18.5 Å². The van der Waals surface area contributed by atoms with Crippen molar-refractivity contribution in [3.8, 4) is 5.75 Å². The Morgan fingerprint density at radius 1 is 1.09 bits per heavy atom. The highest BCUT2D eigenvalue weighted by molar-refractivity contribution is 7.92. The number of hydrogen-bond acceptors (Lipinski definition) is 7. The van der Waals surface area contributed by atoms with Crippen molar-refractivity contribution in [2.24, 2.45) is 0 Å². The van der Waals surface area contributed by atoms with Crippen LogP contribution in [0.4, 0.5) is 24.5 Å². The van der Waals surface area contributed by atoms with Gasteiger partial charge in [-0.05, 0) is 78.6 Å². The normalized spacial score (nSPS) is 17.6. The Hall–Kier alpha value is -4.40. The van der Waals surface area contributed by atoms with Gasteiger partial charge in [-0.3, -0.25) is 13.9 Å². The van der Waals surface area contributed by atoms with E-state index in [-0.39, 0.29) is 30.0 Å². The minimum Gasteiger partial charge on any atom is -0.491 e. The average molecular weight is 676 g/mol. The standard InChI is InChI=1S/C33H36F3N3O7S/c1-39(47(3,43)44)26-16-22-8-5-4-7-21-9-6-10-27(17-21)46-20-28(38-31(41)23(15-22)18-26)29(40)19-30(45-2)32(42)37-25-13-11-24(12-14-25)33(34,35)36/h4-6,9-18,28-30,40H,7-8,19-20H2,1-3H3,(H,37,42)(H,38,41)/b5-4+/t28-,29-,30+/m0/s1. The molecule has 2 amide bonds. The Morgan fingerprint density at radius 2 is 1.77 bits per heavy atom. The quantitative estimate of drug-likeness (QED) is 0.303. The first-order valence-electron chi connectivity index (χ1n) is 14.6. The number of amides is 2. The third-order valence-corrected chi connectivity index (χ3v) is 8.80. The van der Waals surface area contributed by atoms with Gasteiger partial charge in [0, 0.05) is 31.8 Å².